The Labute approximate surface area is 142 Å². The van der Waals surface area contributed by atoms with Crippen LogP contribution < -0.4 is 4.90 Å². The molecule has 2 aromatic carbocycles. The van der Waals surface area contributed by atoms with Crippen LogP contribution in [0.4, 0.5) is 10.1 Å². The molecule has 0 spiro atoms. The first-order chi connectivity index (χ1) is 11.1. The lowest BCUT2D eigenvalue weighted by Crippen LogP contribution is -2.43. The molecule has 0 aromatic heterocycles. The van der Waals surface area contributed by atoms with Crippen LogP contribution >= 0.6 is 11.6 Å². The van der Waals surface area contributed by atoms with E-state index in [2.05, 4.69) is 29.0 Å². The quantitative estimate of drug-likeness (QED) is 0.808. The van der Waals surface area contributed by atoms with Gasteiger partial charge < -0.3 is 4.90 Å². The molecule has 1 fully saturated rings. The van der Waals surface area contributed by atoms with Crippen LogP contribution in [0.25, 0.3) is 0 Å². The van der Waals surface area contributed by atoms with E-state index in [0.717, 1.165) is 43.1 Å². The van der Waals surface area contributed by atoms with Crippen molar-refractivity contribution in [2.24, 2.45) is 0 Å². The van der Waals surface area contributed by atoms with E-state index in [0.29, 0.717) is 6.04 Å². The van der Waals surface area contributed by atoms with Crippen LogP contribution in [0.2, 0.25) is 5.02 Å². The zero-order valence-corrected chi connectivity index (χ0v) is 14.1. The van der Waals surface area contributed by atoms with Gasteiger partial charge in [-0.3, -0.25) is 4.90 Å². The summed E-state index contributed by atoms with van der Waals surface area (Å²) in [5.74, 6) is -0.173. The molecule has 2 nitrogen and oxygen atoms in total. The first-order valence-electron chi connectivity index (χ1n) is 8.07. The molecule has 122 valence electrons. The predicted molar refractivity (Wildman–Crippen MR) is 94.6 cm³/mol. The van der Waals surface area contributed by atoms with Crippen LogP contribution in [-0.4, -0.2) is 31.1 Å². The Morgan fingerprint density at radius 3 is 2.26 bits per heavy atom. The summed E-state index contributed by atoms with van der Waals surface area (Å²) in [6, 6.07) is 15.5. The van der Waals surface area contributed by atoms with Gasteiger partial charge in [-0.05, 0) is 61.9 Å². The van der Waals surface area contributed by atoms with Gasteiger partial charge in [0.05, 0.1) is 0 Å². The highest BCUT2D eigenvalue weighted by Crippen LogP contribution is 2.24. The third kappa shape index (κ3) is 4.24. The number of nitrogens with zero attached hydrogens (tertiary/aromatic N) is 2. The van der Waals surface area contributed by atoms with Gasteiger partial charge in [0.25, 0.3) is 0 Å². The predicted octanol–water partition coefficient (Wildman–Crippen LogP) is 4.58. The molecule has 1 aliphatic rings. The molecule has 23 heavy (non-hydrogen) atoms. The molecule has 0 aliphatic carbocycles. The molecule has 0 bridgehead atoms. The Morgan fingerprint density at radius 2 is 1.65 bits per heavy atom. The average Bonchev–Trinajstić information content (AvgIpc) is 2.58. The van der Waals surface area contributed by atoms with E-state index in [4.69, 9.17) is 11.6 Å². The van der Waals surface area contributed by atoms with Gasteiger partial charge in [-0.15, -0.1) is 0 Å². The Kier molecular flexibility index (Phi) is 5.19. The maximum Gasteiger partial charge on any atom is 0.123 e. The molecule has 0 unspecified atom stereocenters. The van der Waals surface area contributed by atoms with Crippen molar-refractivity contribution in [3.8, 4) is 0 Å². The van der Waals surface area contributed by atoms with Crippen LogP contribution in [0.1, 0.15) is 18.4 Å². The second-order valence-electron chi connectivity index (χ2n) is 6.24. The highest BCUT2D eigenvalue weighted by atomic mass is 35.5. The summed E-state index contributed by atoms with van der Waals surface area (Å²) in [7, 11) is 2.16. The number of piperidine rings is 1. The molecule has 0 saturated carbocycles. The fourth-order valence-electron chi connectivity index (χ4n) is 3.22. The van der Waals surface area contributed by atoms with Crippen LogP contribution in [0, 0.1) is 5.82 Å². The van der Waals surface area contributed by atoms with Crippen molar-refractivity contribution in [1.82, 2.24) is 4.90 Å². The molecule has 1 heterocycles. The number of halogens is 2. The molecule has 4 heteroatoms. The maximum atomic E-state index is 13.0. The number of hydrogen-bond donors (Lipinski definition) is 0. The van der Waals surface area contributed by atoms with Gasteiger partial charge in [-0.1, -0.05) is 23.7 Å². The van der Waals surface area contributed by atoms with Crippen LogP contribution in [-0.2, 0) is 6.54 Å². The fourth-order valence-corrected chi connectivity index (χ4v) is 3.35. The van der Waals surface area contributed by atoms with E-state index in [9.17, 15) is 4.39 Å². The Morgan fingerprint density at radius 1 is 1.04 bits per heavy atom. The summed E-state index contributed by atoms with van der Waals surface area (Å²) in [6.45, 7) is 2.98. The molecular formula is C19H22ClFN2. The summed E-state index contributed by atoms with van der Waals surface area (Å²) >= 11 is 5.95. The Balaban J connectivity index is 1.53. The highest BCUT2D eigenvalue weighted by molar-refractivity contribution is 6.30. The lowest BCUT2D eigenvalue weighted by molar-refractivity contribution is 0.200. The van der Waals surface area contributed by atoms with E-state index in [1.807, 2.05) is 24.3 Å². The lowest BCUT2D eigenvalue weighted by Gasteiger charge is -2.38. The van der Waals surface area contributed by atoms with E-state index in [1.54, 1.807) is 0 Å². The van der Waals surface area contributed by atoms with Gasteiger partial charge >= 0.3 is 0 Å². The van der Waals surface area contributed by atoms with Crippen molar-refractivity contribution in [2.45, 2.75) is 25.4 Å². The summed E-state index contributed by atoms with van der Waals surface area (Å²) in [6.07, 6.45) is 2.28. The van der Waals surface area contributed by atoms with Crippen LogP contribution in [0.5, 0.6) is 0 Å². The molecule has 0 amide bonds. The first kappa shape index (κ1) is 16.3. The van der Waals surface area contributed by atoms with Crippen molar-refractivity contribution in [3.05, 3.63) is 64.9 Å². The van der Waals surface area contributed by atoms with Crippen LogP contribution in [0.15, 0.2) is 48.5 Å². The molecule has 3 rings (SSSR count). The highest BCUT2D eigenvalue weighted by Gasteiger charge is 2.22. The molecular weight excluding hydrogens is 311 g/mol. The van der Waals surface area contributed by atoms with E-state index < -0.39 is 0 Å². The topological polar surface area (TPSA) is 6.48 Å². The molecule has 2 aromatic rings. The van der Waals surface area contributed by atoms with E-state index in [-0.39, 0.29) is 5.82 Å². The molecule has 1 saturated heterocycles. The zero-order valence-electron chi connectivity index (χ0n) is 13.4. The number of benzene rings is 2. The fraction of sp³-hybridized carbons (Fsp3) is 0.368. The Hall–Kier alpha value is -1.58. The van der Waals surface area contributed by atoms with Crippen molar-refractivity contribution < 1.29 is 4.39 Å². The van der Waals surface area contributed by atoms with Gasteiger partial charge in [0.1, 0.15) is 5.82 Å². The van der Waals surface area contributed by atoms with Gasteiger partial charge in [0.15, 0.2) is 0 Å². The maximum absolute atomic E-state index is 13.0. The smallest absolute Gasteiger partial charge is 0.123 e. The minimum atomic E-state index is -0.173. The van der Waals surface area contributed by atoms with Crippen molar-refractivity contribution in [3.63, 3.8) is 0 Å². The lowest BCUT2D eigenvalue weighted by atomic mass is 10.0. The standard InChI is InChI=1S/C19H22ClFN2/c1-22(14-15-2-6-17(21)7-3-15)18-10-12-23(13-11-18)19-8-4-16(20)5-9-19/h2-9,18H,10-14H2,1H3. The first-order valence-corrected chi connectivity index (χ1v) is 8.45. The van der Waals surface area contributed by atoms with Crippen molar-refractivity contribution in [2.75, 3.05) is 25.0 Å². The van der Waals surface area contributed by atoms with Gasteiger partial charge in [0.2, 0.25) is 0 Å². The summed E-state index contributed by atoms with van der Waals surface area (Å²) in [4.78, 5) is 4.80. The van der Waals surface area contributed by atoms with Gasteiger partial charge in [-0.25, -0.2) is 4.39 Å². The number of anilines is 1. The summed E-state index contributed by atoms with van der Waals surface area (Å²) < 4.78 is 13.0. The van der Waals surface area contributed by atoms with E-state index >= 15 is 0 Å². The SMILES string of the molecule is CN(Cc1ccc(F)cc1)C1CCN(c2ccc(Cl)cc2)CC1. The third-order valence-electron chi connectivity index (χ3n) is 4.62. The largest absolute Gasteiger partial charge is 0.371 e. The second-order valence-corrected chi connectivity index (χ2v) is 6.67. The molecule has 0 N–H and O–H groups in total. The molecule has 0 atom stereocenters. The van der Waals surface area contributed by atoms with E-state index in [1.165, 1.54) is 17.8 Å². The van der Waals surface area contributed by atoms with Gasteiger partial charge in [-0.2, -0.15) is 0 Å². The molecule has 1 aliphatic heterocycles. The van der Waals surface area contributed by atoms with Crippen molar-refractivity contribution >= 4 is 17.3 Å². The number of hydrogen-bond acceptors (Lipinski definition) is 2. The summed E-state index contributed by atoms with van der Waals surface area (Å²) in [5.41, 5.74) is 2.41. The second kappa shape index (κ2) is 7.33. The van der Waals surface area contributed by atoms with Gasteiger partial charge in [0, 0.05) is 36.4 Å². The Bertz CT molecular complexity index is 619. The monoisotopic (exact) mass is 332 g/mol. The third-order valence-corrected chi connectivity index (χ3v) is 4.88. The molecule has 0 radical (unpaired) electrons. The number of rotatable bonds is 4. The normalized spacial score (nSPS) is 16.1. The van der Waals surface area contributed by atoms with Crippen LogP contribution in [0.3, 0.4) is 0 Å². The minimum Gasteiger partial charge on any atom is -0.371 e. The average molecular weight is 333 g/mol. The minimum absolute atomic E-state index is 0.173. The zero-order chi connectivity index (χ0) is 16.2. The summed E-state index contributed by atoms with van der Waals surface area (Å²) in [5, 5.41) is 0.780. The van der Waals surface area contributed by atoms with Crippen molar-refractivity contribution in [1.29, 1.82) is 0 Å².